The van der Waals surface area contributed by atoms with Crippen molar-refractivity contribution in [3.8, 4) is 0 Å². The van der Waals surface area contributed by atoms with E-state index in [1.54, 1.807) is 29.6 Å². The van der Waals surface area contributed by atoms with Crippen LogP contribution in [0.4, 0.5) is 0 Å². The van der Waals surface area contributed by atoms with Gasteiger partial charge >= 0.3 is 5.97 Å². The van der Waals surface area contributed by atoms with Crippen molar-refractivity contribution in [3.05, 3.63) is 47.5 Å². The van der Waals surface area contributed by atoms with Crippen LogP contribution in [0.5, 0.6) is 0 Å². The molecular formula is C14H15ClN2O2S. The van der Waals surface area contributed by atoms with Crippen molar-refractivity contribution < 1.29 is 9.53 Å². The molecule has 20 heavy (non-hydrogen) atoms. The Morgan fingerprint density at radius 3 is 2.80 bits per heavy atom. The number of aromatic nitrogens is 2. The predicted molar refractivity (Wildman–Crippen MR) is 79.8 cm³/mol. The van der Waals surface area contributed by atoms with Crippen molar-refractivity contribution in [1.82, 2.24) is 9.55 Å². The topological polar surface area (TPSA) is 44.1 Å². The number of carbonyl (C=O) groups excluding carboxylic acids is 1. The molecule has 0 radical (unpaired) electrons. The van der Waals surface area contributed by atoms with Gasteiger partial charge in [0.15, 0.2) is 0 Å². The molecule has 1 heterocycles. The van der Waals surface area contributed by atoms with E-state index in [2.05, 4.69) is 4.98 Å². The summed E-state index contributed by atoms with van der Waals surface area (Å²) in [6.07, 6.45) is 1.99. The van der Waals surface area contributed by atoms with E-state index in [1.165, 1.54) is 0 Å². The molecular weight excluding hydrogens is 296 g/mol. The molecule has 4 nitrogen and oxygen atoms in total. The van der Waals surface area contributed by atoms with Crippen LogP contribution in [-0.4, -0.2) is 21.3 Å². The molecule has 0 saturated heterocycles. The Morgan fingerprint density at radius 1 is 1.40 bits per heavy atom. The number of halogens is 1. The van der Waals surface area contributed by atoms with Crippen molar-refractivity contribution in [2.75, 3.05) is 5.75 Å². The quantitative estimate of drug-likeness (QED) is 0.606. The lowest BCUT2D eigenvalue weighted by molar-refractivity contribution is -0.144. The minimum absolute atomic E-state index is 0.199. The lowest BCUT2D eigenvalue weighted by Crippen LogP contribution is -2.07. The number of nitrogens with zero attached hydrogens (tertiary/aromatic N) is 2. The van der Waals surface area contributed by atoms with E-state index >= 15 is 0 Å². The van der Waals surface area contributed by atoms with Gasteiger partial charge in [0.05, 0.1) is 18.3 Å². The Bertz CT molecular complexity index is 572. The second-order valence-electron chi connectivity index (χ2n) is 4.15. The van der Waals surface area contributed by atoms with Gasteiger partial charge in [-0.15, -0.1) is 11.8 Å². The Kier molecular flexibility index (Phi) is 5.49. The molecule has 0 atom stereocenters. The van der Waals surface area contributed by atoms with Gasteiger partial charge in [0.2, 0.25) is 5.28 Å². The maximum absolute atomic E-state index is 11.6. The van der Waals surface area contributed by atoms with Crippen molar-refractivity contribution in [1.29, 1.82) is 0 Å². The van der Waals surface area contributed by atoms with E-state index in [0.29, 0.717) is 17.5 Å². The van der Waals surface area contributed by atoms with E-state index in [9.17, 15) is 4.79 Å². The predicted octanol–water partition coefficient (Wildman–Crippen LogP) is 3.30. The molecule has 6 heteroatoms. The summed E-state index contributed by atoms with van der Waals surface area (Å²) in [5.41, 5.74) is 0.777. The number of hydrogen-bond donors (Lipinski definition) is 0. The Balaban J connectivity index is 1.69. The molecule has 106 valence electrons. The number of hydrogen-bond acceptors (Lipinski definition) is 4. The van der Waals surface area contributed by atoms with Crippen LogP contribution in [0.3, 0.4) is 0 Å². The lowest BCUT2D eigenvalue weighted by Gasteiger charge is -2.05. The zero-order valence-corrected chi connectivity index (χ0v) is 12.7. The third kappa shape index (κ3) is 4.28. The highest BCUT2D eigenvalue weighted by Gasteiger charge is 2.08. The number of rotatable bonds is 6. The number of benzene rings is 1. The van der Waals surface area contributed by atoms with Crippen LogP contribution in [0, 0.1) is 0 Å². The van der Waals surface area contributed by atoms with Crippen LogP contribution in [0.2, 0.25) is 5.28 Å². The summed E-state index contributed by atoms with van der Waals surface area (Å²) >= 11 is 7.44. The summed E-state index contributed by atoms with van der Waals surface area (Å²) in [6, 6.07) is 9.97. The highest BCUT2D eigenvalue weighted by atomic mass is 35.5. The van der Waals surface area contributed by atoms with Gasteiger partial charge in [0, 0.05) is 17.7 Å². The van der Waals surface area contributed by atoms with Crippen molar-refractivity contribution in [3.63, 3.8) is 0 Å². The third-order valence-electron chi connectivity index (χ3n) is 2.73. The van der Waals surface area contributed by atoms with Gasteiger partial charge in [-0.3, -0.25) is 4.79 Å². The largest absolute Gasteiger partial charge is 0.459 e. The van der Waals surface area contributed by atoms with Crippen LogP contribution in [0.15, 0.2) is 41.4 Å². The summed E-state index contributed by atoms with van der Waals surface area (Å²) in [6.45, 7) is 0.199. The van der Waals surface area contributed by atoms with Gasteiger partial charge in [0.1, 0.15) is 6.61 Å². The number of imidazole rings is 1. The summed E-state index contributed by atoms with van der Waals surface area (Å²) in [4.78, 5) is 16.7. The maximum atomic E-state index is 11.6. The SMILES string of the molecule is Cn1c(COC(=O)CCSc2ccccc2)cnc1Cl. The summed E-state index contributed by atoms with van der Waals surface area (Å²) < 4.78 is 6.88. The normalized spacial score (nSPS) is 10.5. The van der Waals surface area contributed by atoms with E-state index in [-0.39, 0.29) is 12.6 Å². The van der Waals surface area contributed by atoms with Crippen LogP contribution in [0.1, 0.15) is 12.1 Å². The molecule has 0 aliphatic heterocycles. The van der Waals surface area contributed by atoms with Crippen LogP contribution >= 0.6 is 23.4 Å². The maximum Gasteiger partial charge on any atom is 0.307 e. The molecule has 0 unspecified atom stereocenters. The van der Waals surface area contributed by atoms with Crippen molar-refractivity contribution in [2.45, 2.75) is 17.9 Å². The molecule has 2 rings (SSSR count). The standard InChI is InChI=1S/C14H15ClN2O2S/c1-17-11(9-16-14(17)15)10-19-13(18)7-8-20-12-5-3-2-4-6-12/h2-6,9H,7-8,10H2,1H3. The number of carbonyl (C=O) groups is 1. The number of ether oxygens (including phenoxy) is 1. The Hall–Kier alpha value is -1.46. The van der Waals surface area contributed by atoms with Gasteiger partial charge in [-0.25, -0.2) is 4.98 Å². The average molecular weight is 311 g/mol. The zero-order chi connectivity index (χ0) is 14.4. The fourth-order valence-corrected chi connectivity index (χ4v) is 2.56. The molecule has 2 aromatic rings. The summed E-state index contributed by atoms with van der Waals surface area (Å²) in [7, 11) is 1.78. The molecule has 0 N–H and O–H groups in total. The molecule has 0 saturated carbocycles. The lowest BCUT2D eigenvalue weighted by atomic mass is 10.4. The summed E-state index contributed by atoms with van der Waals surface area (Å²) in [5.74, 6) is 0.486. The highest BCUT2D eigenvalue weighted by molar-refractivity contribution is 7.99. The Morgan fingerprint density at radius 2 is 2.15 bits per heavy atom. The molecule has 0 aliphatic rings. The zero-order valence-electron chi connectivity index (χ0n) is 11.1. The minimum Gasteiger partial charge on any atom is -0.459 e. The molecule has 0 aliphatic carbocycles. The molecule has 0 fully saturated rings. The highest BCUT2D eigenvalue weighted by Crippen LogP contribution is 2.18. The first-order valence-electron chi connectivity index (χ1n) is 6.16. The second-order valence-corrected chi connectivity index (χ2v) is 5.66. The van der Waals surface area contributed by atoms with E-state index in [0.717, 1.165) is 10.6 Å². The van der Waals surface area contributed by atoms with Crippen LogP contribution < -0.4 is 0 Å². The van der Waals surface area contributed by atoms with Gasteiger partial charge < -0.3 is 9.30 Å². The molecule has 0 amide bonds. The van der Waals surface area contributed by atoms with Gasteiger partial charge in [-0.05, 0) is 23.7 Å². The van der Waals surface area contributed by atoms with E-state index < -0.39 is 0 Å². The monoisotopic (exact) mass is 310 g/mol. The third-order valence-corrected chi connectivity index (χ3v) is 4.09. The first kappa shape index (κ1) is 14.9. The Labute approximate surface area is 127 Å². The van der Waals surface area contributed by atoms with Crippen molar-refractivity contribution >= 4 is 29.3 Å². The first-order valence-corrected chi connectivity index (χ1v) is 7.52. The molecule has 1 aromatic heterocycles. The summed E-state index contributed by atoms with van der Waals surface area (Å²) in [5, 5.41) is 0.385. The molecule has 0 spiro atoms. The van der Waals surface area contributed by atoms with Gasteiger partial charge in [0.25, 0.3) is 0 Å². The van der Waals surface area contributed by atoms with E-state index in [1.807, 2.05) is 30.3 Å². The van der Waals surface area contributed by atoms with Crippen LogP contribution in [-0.2, 0) is 23.2 Å². The fourth-order valence-electron chi connectivity index (χ4n) is 1.55. The van der Waals surface area contributed by atoms with Crippen molar-refractivity contribution in [2.24, 2.45) is 7.05 Å². The number of thioether (sulfide) groups is 1. The first-order chi connectivity index (χ1) is 9.66. The van der Waals surface area contributed by atoms with E-state index in [4.69, 9.17) is 16.3 Å². The molecule has 1 aromatic carbocycles. The van der Waals surface area contributed by atoms with Gasteiger partial charge in [-0.1, -0.05) is 18.2 Å². The average Bonchev–Trinajstić information content (AvgIpc) is 2.78. The molecule has 0 bridgehead atoms. The smallest absolute Gasteiger partial charge is 0.307 e. The van der Waals surface area contributed by atoms with Crippen LogP contribution in [0.25, 0.3) is 0 Å². The minimum atomic E-state index is -0.217. The second kappa shape index (κ2) is 7.36. The fraction of sp³-hybridized carbons (Fsp3) is 0.286. The number of esters is 1. The van der Waals surface area contributed by atoms with Gasteiger partial charge in [-0.2, -0.15) is 0 Å².